The highest BCUT2D eigenvalue weighted by Crippen LogP contribution is 2.27. The molecule has 0 saturated heterocycles. The normalized spacial score (nSPS) is 10.7. The SMILES string of the molecule is CCc1ccsc1C(=O)c1cc(C)sc1C. The largest absolute Gasteiger partial charge is 0.288 e. The fraction of sp³-hybridized carbons (Fsp3) is 0.308. The molecule has 0 aromatic carbocycles. The van der Waals surface area contributed by atoms with E-state index in [1.807, 2.05) is 31.4 Å². The quantitative estimate of drug-likeness (QED) is 0.745. The molecule has 84 valence electrons. The van der Waals surface area contributed by atoms with Gasteiger partial charge >= 0.3 is 0 Å². The van der Waals surface area contributed by atoms with Crippen LogP contribution in [0.5, 0.6) is 0 Å². The van der Waals surface area contributed by atoms with Crippen LogP contribution in [0.3, 0.4) is 0 Å². The number of hydrogen-bond donors (Lipinski definition) is 0. The third-order valence-corrected chi connectivity index (χ3v) is 4.54. The Hall–Kier alpha value is -0.930. The van der Waals surface area contributed by atoms with E-state index in [1.165, 1.54) is 10.4 Å². The molecule has 2 heterocycles. The molecule has 2 aromatic rings. The van der Waals surface area contributed by atoms with Gasteiger partial charge in [0.15, 0.2) is 0 Å². The molecule has 0 spiro atoms. The molecular formula is C13H14OS2. The highest BCUT2D eigenvalue weighted by atomic mass is 32.1. The predicted octanol–water partition coefficient (Wildman–Crippen LogP) is 4.22. The lowest BCUT2D eigenvalue weighted by atomic mass is 10.1. The number of hydrogen-bond acceptors (Lipinski definition) is 3. The average Bonchev–Trinajstić information content (AvgIpc) is 2.83. The lowest BCUT2D eigenvalue weighted by Crippen LogP contribution is -2.01. The summed E-state index contributed by atoms with van der Waals surface area (Å²) in [5, 5.41) is 2.00. The average molecular weight is 250 g/mol. The van der Waals surface area contributed by atoms with Gasteiger partial charge in [-0.3, -0.25) is 4.79 Å². The van der Waals surface area contributed by atoms with E-state index < -0.39 is 0 Å². The summed E-state index contributed by atoms with van der Waals surface area (Å²) in [4.78, 5) is 15.6. The third kappa shape index (κ3) is 1.97. The first-order valence-corrected chi connectivity index (χ1v) is 7.01. The van der Waals surface area contributed by atoms with Gasteiger partial charge in [-0.05, 0) is 43.3 Å². The maximum Gasteiger partial charge on any atom is 0.204 e. The van der Waals surface area contributed by atoms with Gasteiger partial charge in [-0.25, -0.2) is 0 Å². The fourth-order valence-electron chi connectivity index (χ4n) is 1.79. The van der Waals surface area contributed by atoms with Crippen LogP contribution in [0.1, 0.15) is 37.5 Å². The molecule has 0 radical (unpaired) electrons. The van der Waals surface area contributed by atoms with Gasteiger partial charge in [-0.1, -0.05) is 6.92 Å². The molecule has 0 unspecified atom stereocenters. The minimum atomic E-state index is 0.189. The van der Waals surface area contributed by atoms with Crippen LogP contribution in [0.2, 0.25) is 0 Å². The minimum Gasteiger partial charge on any atom is -0.288 e. The summed E-state index contributed by atoms with van der Waals surface area (Å²) < 4.78 is 0. The Bertz CT molecular complexity index is 520. The Kier molecular flexibility index (Phi) is 3.26. The lowest BCUT2D eigenvalue weighted by molar-refractivity contribution is 0.104. The van der Waals surface area contributed by atoms with Gasteiger partial charge in [0.1, 0.15) is 0 Å². The van der Waals surface area contributed by atoms with Gasteiger partial charge in [-0.15, -0.1) is 22.7 Å². The first-order chi connectivity index (χ1) is 7.63. The summed E-state index contributed by atoms with van der Waals surface area (Å²) in [7, 11) is 0. The molecule has 0 atom stereocenters. The van der Waals surface area contributed by atoms with E-state index in [-0.39, 0.29) is 5.78 Å². The van der Waals surface area contributed by atoms with Crippen molar-refractivity contribution >= 4 is 28.5 Å². The zero-order valence-electron chi connectivity index (χ0n) is 9.66. The molecule has 2 rings (SSSR count). The molecule has 1 nitrogen and oxygen atoms in total. The van der Waals surface area contributed by atoms with E-state index >= 15 is 0 Å². The Morgan fingerprint density at radius 2 is 2.12 bits per heavy atom. The molecule has 0 amide bonds. The smallest absolute Gasteiger partial charge is 0.204 e. The van der Waals surface area contributed by atoms with Crippen LogP contribution in [-0.4, -0.2) is 5.78 Å². The van der Waals surface area contributed by atoms with Gasteiger partial charge in [0.2, 0.25) is 5.78 Å². The number of ketones is 1. The molecule has 3 heteroatoms. The Morgan fingerprint density at radius 1 is 1.38 bits per heavy atom. The molecule has 0 aliphatic rings. The van der Waals surface area contributed by atoms with Crippen molar-refractivity contribution in [3.8, 4) is 0 Å². The van der Waals surface area contributed by atoms with Gasteiger partial charge in [0, 0.05) is 15.3 Å². The number of carbonyl (C=O) groups is 1. The van der Waals surface area contributed by atoms with Crippen molar-refractivity contribution in [1.82, 2.24) is 0 Å². The van der Waals surface area contributed by atoms with E-state index in [4.69, 9.17) is 0 Å². The van der Waals surface area contributed by atoms with Crippen LogP contribution in [0.4, 0.5) is 0 Å². The van der Waals surface area contributed by atoms with E-state index in [2.05, 4.69) is 6.92 Å². The van der Waals surface area contributed by atoms with Crippen molar-refractivity contribution in [2.75, 3.05) is 0 Å². The minimum absolute atomic E-state index is 0.189. The van der Waals surface area contributed by atoms with Crippen molar-refractivity contribution in [2.45, 2.75) is 27.2 Å². The van der Waals surface area contributed by atoms with Gasteiger partial charge in [-0.2, -0.15) is 0 Å². The second kappa shape index (κ2) is 4.52. The topological polar surface area (TPSA) is 17.1 Å². The first kappa shape index (κ1) is 11.6. The van der Waals surface area contributed by atoms with E-state index in [1.54, 1.807) is 22.7 Å². The second-order valence-electron chi connectivity index (χ2n) is 3.78. The third-order valence-electron chi connectivity index (χ3n) is 2.62. The number of rotatable bonds is 3. The molecule has 0 aliphatic heterocycles. The molecule has 0 aliphatic carbocycles. The molecule has 2 aromatic heterocycles. The Balaban J connectivity index is 2.43. The van der Waals surface area contributed by atoms with Crippen molar-refractivity contribution in [3.05, 3.63) is 43.3 Å². The summed E-state index contributed by atoms with van der Waals surface area (Å²) in [6.07, 6.45) is 0.923. The predicted molar refractivity (Wildman–Crippen MR) is 70.9 cm³/mol. The maximum atomic E-state index is 12.3. The van der Waals surface area contributed by atoms with Crippen LogP contribution in [0.25, 0.3) is 0 Å². The summed E-state index contributed by atoms with van der Waals surface area (Å²) in [6, 6.07) is 4.05. The molecule has 0 fully saturated rings. The summed E-state index contributed by atoms with van der Waals surface area (Å²) in [5.41, 5.74) is 2.04. The van der Waals surface area contributed by atoms with Crippen LogP contribution >= 0.6 is 22.7 Å². The summed E-state index contributed by atoms with van der Waals surface area (Å²) >= 11 is 3.24. The number of carbonyl (C=O) groups excluding carboxylic acids is 1. The molecular weight excluding hydrogens is 236 g/mol. The Labute approximate surface area is 104 Å². The van der Waals surface area contributed by atoms with Crippen molar-refractivity contribution in [1.29, 1.82) is 0 Å². The zero-order valence-corrected chi connectivity index (χ0v) is 11.3. The maximum absolute atomic E-state index is 12.3. The highest BCUT2D eigenvalue weighted by molar-refractivity contribution is 7.13. The number of thiophene rings is 2. The summed E-state index contributed by atoms with van der Waals surface area (Å²) in [5.74, 6) is 0.189. The summed E-state index contributed by atoms with van der Waals surface area (Å²) in [6.45, 7) is 6.15. The zero-order chi connectivity index (χ0) is 11.7. The highest BCUT2D eigenvalue weighted by Gasteiger charge is 2.17. The van der Waals surface area contributed by atoms with E-state index in [9.17, 15) is 4.79 Å². The van der Waals surface area contributed by atoms with Crippen LogP contribution in [0, 0.1) is 13.8 Å². The van der Waals surface area contributed by atoms with Gasteiger partial charge in [0.05, 0.1) is 4.88 Å². The van der Waals surface area contributed by atoms with Gasteiger partial charge in [0.25, 0.3) is 0 Å². The fourth-order valence-corrected chi connectivity index (χ4v) is 3.66. The van der Waals surface area contributed by atoms with Crippen LogP contribution in [0.15, 0.2) is 17.5 Å². The second-order valence-corrected chi connectivity index (χ2v) is 6.16. The molecule has 0 N–H and O–H groups in total. The molecule has 0 bridgehead atoms. The van der Waals surface area contributed by atoms with Gasteiger partial charge < -0.3 is 0 Å². The van der Waals surface area contributed by atoms with Crippen molar-refractivity contribution < 1.29 is 4.79 Å². The monoisotopic (exact) mass is 250 g/mol. The van der Waals surface area contributed by atoms with Crippen LogP contribution < -0.4 is 0 Å². The van der Waals surface area contributed by atoms with Crippen molar-refractivity contribution in [2.24, 2.45) is 0 Å². The number of aryl methyl sites for hydroxylation is 3. The molecule has 0 saturated carbocycles. The lowest BCUT2D eigenvalue weighted by Gasteiger charge is -2.00. The van der Waals surface area contributed by atoms with Crippen molar-refractivity contribution in [3.63, 3.8) is 0 Å². The Morgan fingerprint density at radius 3 is 2.69 bits per heavy atom. The van der Waals surface area contributed by atoms with E-state index in [0.717, 1.165) is 21.7 Å². The standard InChI is InChI=1S/C13H14OS2/c1-4-10-5-6-15-13(10)12(14)11-7-8(2)16-9(11)3/h5-7H,4H2,1-3H3. The van der Waals surface area contributed by atoms with E-state index in [0.29, 0.717) is 0 Å². The van der Waals surface area contributed by atoms with Crippen LogP contribution in [-0.2, 0) is 6.42 Å². The molecule has 16 heavy (non-hydrogen) atoms. The first-order valence-electron chi connectivity index (χ1n) is 5.31.